The highest BCUT2D eigenvalue weighted by molar-refractivity contribution is 6.04. The fraction of sp³-hybridized carbons (Fsp3) is 0.529. The van der Waals surface area contributed by atoms with Gasteiger partial charge in [0.15, 0.2) is 0 Å². The average Bonchev–Trinajstić information content (AvgIpc) is 2.54. The molecule has 1 aliphatic heterocycles. The SMILES string of the molecule is Cc1ccc(CNC(=O)C(C)(C)C(=O)N2CCOCC2)cc1. The first-order valence-electron chi connectivity index (χ1n) is 7.62. The van der Waals surface area contributed by atoms with E-state index in [1.165, 1.54) is 5.56 Å². The Morgan fingerprint density at radius 1 is 1.18 bits per heavy atom. The van der Waals surface area contributed by atoms with Crippen LogP contribution in [0.4, 0.5) is 0 Å². The number of carbonyl (C=O) groups excluding carboxylic acids is 2. The molecule has 0 spiro atoms. The van der Waals surface area contributed by atoms with Gasteiger partial charge in [-0.15, -0.1) is 0 Å². The van der Waals surface area contributed by atoms with Gasteiger partial charge in [-0.1, -0.05) is 29.8 Å². The Morgan fingerprint density at radius 2 is 1.77 bits per heavy atom. The molecule has 1 aromatic rings. The summed E-state index contributed by atoms with van der Waals surface area (Å²) < 4.78 is 5.24. The average molecular weight is 304 g/mol. The number of nitrogens with zero attached hydrogens (tertiary/aromatic N) is 1. The first-order valence-corrected chi connectivity index (χ1v) is 7.62. The van der Waals surface area contributed by atoms with Crippen molar-refractivity contribution in [1.29, 1.82) is 0 Å². The molecule has 1 aromatic carbocycles. The number of aryl methyl sites for hydroxylation is 1. The minimum atomic E-state index is -1.07. The molecule has 1 saturated heterocycles. The zero-order valence-corrected chi connectivity index (χ0v) is 13.5. The van der Waals surface area contributed by atoms with Crippen LogP contribution in [-0.2, 0) is 20.9 Å². The molecule has 120 valence electrons. The van der Waals surface area contributed by atoms with Crippen molar-refractivity contribution in [2.75, 3.05) is 26.3 Å². The highest BCUT2D eigenvalue weighted by atomic mass is 16.5. The summed E-state index contributed by atoms with van der Waals surface area (Å²) in [6.45, 7) is 7.97. The molecule has 1 N–H and O–H groups in total. The van der Waals surface area contributed by atoms with Gasteiger partial charge >= 0.3 is 0 Å². The molecular weight excluding hydrogens is 280 g/mol. The van der Waals surface area contributed by atoms with Crippen molar-refractivity contribution in [2.45, 2.75) is 27.3 Å². The van der Waals surface area contributed by atoms with Gasteiger partial charge in [0.25, 0.3) is 0 Å². The topological polar surface area (TPSA) is 58.6 Å². The monoisotopic (exact) mass is 304 g/mol. The van der Waals surface area contributed by atoms with Gasteiger partial charge in [-0.25, -0.2) is 0 Å². The lowest BCUT2D eigenvalue weighted by atomic mass is 9.90. The van der Waals surface area contributed by atoms with Crippen LogP contribution in [0.15, 0.2) is 24.3 Å². The quantitative estimate of drug-likeness (QED) is 0.858. The van der Waals surface area contributed by atoms with E-state index in [9.17, 15) is 9.59 Å². The number of carbonyl (C=O) groups is 2. The summed E-state index contributed by atoms with van der Waals surface area (Å²) in [6.07, 6.45) is 0. The van der Waals surface area contributed by atoms with Gasteiger partial charge in [0.2, 0.25) is 11.8 Å². The number of ether oxygens (including phenoxy) is 1. The second-order valence-electron chi connectivity index (χ2n) is 6.20. The van der Waals surface area contributed by atoms with Gasteiger partial charge in [0.1, 0.15) is 5.41 Å². The third-order valence-corrected chi connectivity index (χ3v) is 3.97. The maximum Gasteiger partial charge on any atom is 0.237 e. The molecule has 0 aliphatic carbocycles. The van der Waals surface area contributed by atoms with Gasteiger partial charge in [-0.05, 0) is 26.3 Å². The molecule has 5 heteroatoms. The molecule has 0 bridgehead atoms. The molecule has 1 aliphatic rings. The van der Waals surface area contributed by atoms with Gasteiger partial charge in [-0.2, -0.15) is 0 Å². The molecule has 0 aromatic heterocycles. The second kappa shape index (κ2) is 6.92. The third kappa shape index (κ3) is 3.85. The van der Waals surface area contributed by atoms with E-state index in [-0.39, 0.29) is 11.8 Å². The summed E-state index contributed by atoms with van der Waals surface area (Å²) >= 11 is 0. The van der Waals surface area contributed by atoms with Gasteiger partial charge in [0, 0.05) is 19.6 Å². The van der Waals surface area contributed by atoms with Crippen molar-refractivity contribution >= 4 is 11.8 Å². The predicted octanol–water partition coefficient (Wildman–Crippen LogP) is 1.50. The molecule has 22 heavy (non-hydrogen) atoms. The normalized spacial score (nSPS) is 15.5. The minimum absolute atomic E-state index is 0.141. The number of morpholine rings is 1. The summed E-state index contributed by atoms with van der Waals surface area (Å²) in [7, 11) is 0. The summed E-state index contributed by atoms with van der Waals surface area (Å²) in [6, 6.07) is 7.97. The third-order valence-electron chi connectivity index (χ3n) is 3.97. The van der Waals surface area contributed by atoms with Crippen molar-refractivity contribution in [3.63, 3.8) is 0 Å². The van der Waals surface area contributed by atoms with Crippen molar-refractivity contribution < 1.29 is 14.3 Å². The molecule has 0 radical (unpaired) electrons. The van der Waals surface area contributed by atoms with E-state index in [2.05, 4.69) is 5.32 Å². The molecule has 0 atom stereocenters. The van der Waals surface area contributed by atoms with Crippen molar-refractivity contribution in [2.24, 2.45) is 5.41 Å². The van der Waals surface area contributed by atoms with Crippen LogP contribution in [0.25, 0.3) is 0 Å². The zero-order chi connectivity index (χ0) is 16.2. The Hall–Kier alpha value is -1.88. The number of benzene rings is 1. The molecule has 2 amide bonds. The molecular formula is C17H24N2O3. The van der Waals surface area contributed by atoms with Crippen molar-refractivity contribution in [3.8, 4) is 0 Å². The largest absolute Gasteiger partial charge is 0.378 e. The lowest BCUT2D eigenvalue weighted by molar-refractivity contribution is -0.151. The van der Waals surface area contributed by atoms with Crippen LogP contribution in [-0.4, -0.2) is 43.0 Å². The van der Waals surface area contributed by atoms with Crippen LogP contribution in [0.5, 0.6) is 0 Å². The molecule has 1 fully saturated rings. The van der Waals surface area contributed by atoms with Crippen LogP contribution in [0.1, 0.15) is 25.0 Å². The van der Waals surface area contributed by atoms with E-state index < -0.39 is 5.41 Å². The van der Waals surface area contributed by atoms with Crippen LogP contribution in [0, 0.1) is 12.3 Å². The van der Waals surface area contributed by atoms with E-state index in [0.717, 1.165) is 5.56 Å². The fourth-order valence-corrected chi connectivity index (χ4v) is 2.37. The highest BCUT2D eigenvalue weighted by Crippen LogP contribution is 2.20. The van der Waals surface area contributed by atoms with E-state index >= 15 is 0 Å². The van der Waals surface area contributed by atoms with Crippen molar-refractivity contribution in [3.05, 3.63) is 35.4 Å². The molecule has 0 saturated carbocycles. The maximum absolute atomic E-state index is 12.5. The molecule has 5 nitrogen and oxygen atoms in total. The highest BCUT2D eigenvalue weighted by Gasteiger charge is 2.39. The van der Waals surface area contributed by atoms with E-state index in [0.29, 0.717) is 32.8 Å². The van der Waals surface area contributed by atoms with Gasteiger partial charge in [0.05, 0.1) is 13.2 Å². The van der Waals surface area contributed by atoms with Crippen LogP contribution >= 0.6 is 0 Å². The van der Waals surface area contributed by atoms with Crippen LogP contribution < -0.4 is 5.32 Å². The van der Waals surface area contributed by atoms with Crippen molar-refractivity contribution in [1.82, 2.24) is 10.2 Å². The Kier molecular flexibility index (Phi) is 5.19. The molecule has 1 heterocycles. The number of nitrogens with one attached hydrogen (secondary N) is 1. The lowest BCUT2D eigenvalue weighted by Gasteiger charge is -2.33. The summed E-state index contributed by atoms with van der Waals surface area (Å²) in [5.74, 6) is -0.387. The summed E-state index contributed by atoms with van der Waals surface area (Å²) in [5.41, 5.74) is 1.13. The Balaban J connectivity index is 1.94. The Morgan fingerprint density at radius 3 is 2.36 bits per heavy atom. The first-order chi connectivity index (χ1) is 10.4. The second-order valence-corrected chi connectivity index (χ2v) is 6.20. The number of hydrogen-bond donors (Lipinski definition) is 1. The first kappa shape index (κ1) is 16.5. The zero-order valence-electron chi connectivity index (χ0n) is 13.5. The lowest BCUT2D eigenvalue weighted by Crippen LogP contribution is -2.52. The standard InChI is InChI=1S/C17H24N2O3/c1-13-4-6-14(7-5-13)12-18-15(20)17(2,3)16(21)19-8-10-22-11-9-19/h4-7H,8-12H2,1-3H3,(H,18,20). The van der Waals surface area contributed by atoms with E-state index in [1.54, 1.807) is 18.7 Å². The summed E-state index contributed by atoms with van der Waals surface area (Å²) in [5, 5.41) is 2.86. The van der Waals surface area contributed by atoms with E-state index in [1.807, 2.05) is 31.2 Å². The van der Waals surface area contributed by atoms with Gasteiger partial charge in [-0.3, -0.25) is 9.59 Å². The number of amides is 2. The maximum atomic E-state index is 12.5. The molecule has 2 rings (SSSR count). The van der Waals surface area contributed by atoms with Gasteiger partial charge < -0.3 is 15.0 Å². The fourth-order valence-electron chi connectivity index (χ4n) is 2.37. The summed E-state index contributed by atoms with van der Waals surface area (Å²) in [4.78, 5) is 26.6. The predicted molar refractivity (Wildman–Crippen MR) is 84.2 cm³/mol. The minimum Gasteiger partial charge on any atom is -0.378 e. The van der Waals surface area contributed by atoms with Crippen LogP contribution in [0.2, 0.25) is 0 Å². The smallest absolute Gasteiger partial charge is 0.237 e. The Labute approximate surface area is 131 Å². The number of hydrogen-bond acceptors (Lipinski definition) is 3. The number of rotatable bonds is 4. The molecule has 0 unspecified atom stereocenters. The van der Waals surface area contributed by atoms with Crippen LogP contribution in [0.3, 0.4) is 0 Å². The Bertz CT molecular complexity index is 531. The van der Waals surface area contributed by atoms with E-state index in [4.69, 9.17) is 4.74 Å².